The number of carboxylic acids is 1. The molecule has 1 rings (SSSR count). The van der Waals surface area contributed by atoms with Crippen molar-refractivity contribution in [1.29, 1.82) is 0 Å². The molecule has 1 fully saturated rings. The molecule has 1 saturated heterocycles. The van der Waals surface area contributed by atoms with Crippen molar-refractivity contribution in [3.05, 3.63) is 12.2 Å². The molecule has 1 atom stereocenters. The van der Waals surface area contributed by atoms with E-state index in [-0.39, 0.29) is 18.5 Å². The Hall–Kier alpha value is -1.41. The first-order chi connectivity index (χ1) is 9.29. The molecule has 2 N–H and O–H groups in total. The Morgan fingerprint density at radius 2 is 2.05 bits per heavy atom. The molecule has 8 heteroatoms. The third-order valence-electron chi connectivity index (χ3n) is 3.12. The average molecular weight is 304 g/mol. The first-order valence-electron chi connectivity index (χ1n) is 6.46. The van der Waals surface area contributed by atoms with Gasteiger partial charge in [0.2, 0.25) is 15.9 Å². The summed E-state index contributed by atoms with van der Waals surface area (Å²) in [5.74, 6) is -1.50. The van der Waals surface area contributed by atoms with Crippen LogP contribution in [0.4, 0.5) is 0 Å². The molecule has 1 heterocycles. The fourth-order valence-electron chi connectivity index (χ4n) is 2.24. The second kappa shape index (κ2) is 7.39. The van der Waals surface area contributed by atoms with Crippen molar-refractivity contribution in [2.45, 2.75) is 31.7 Å². The molecule has 0 aromatic heterocycles. The Bertz CT molecular complexity index is 486. The predicted molar refractivity (Wildman–Crippen MR) is 73.6 cm³/mol. The fourth-order valence-corrected chi connectivity index (χ4v) is 2.73. The van der Waals surface area contributed by atoms with Gasteiger partial charge in [-0.05, 0) is 25.7 Å². The van der Waals surface area contributed by atoms with Crippen LogP contribution in [0.1, 0.15) is 25.7 Å². The number of carbonyl (C=O) groups excluding carboxylic acids is 1. The zero-order valence-corrected chi connectivity index (χ0v) is 12.2. The summed E-state index contributed by atoms with van der Waals surface area (Å²) >= 11 is 0. The van der Waals surface area contributed by atoms with Gasteiger partial charge in [-0.25, -0.2) is 17.9 Å². The second-order valence-corrected chi connectivity index (χ2v) is 6.64. The van der Waals surface area contributed by atoms with Crippen molar-refractivity contribution in [3.63, 3.8) is 0 Å². The van der Waals surface area contributed by atoms with Gasteiger partial charge in [0.05, 0.1) is 6.26 Å². The quantitative estimate of drug-likeness (QED) is 0.669. The largest absolute Gasteiger partial charge is 0.478 e. The minimum absolute atomic E-state index is 0.0519. The van der Waals surface area contributed by atoms with Gasteiger partial charge in [-0.15, -0.1) is 0 Å². The summed E-state index contributed by atoms with van der Waals surface area (Å²) < 4.78 is 24.4. The predicted octanol–water partition coefficient (Wildman–Crippen LogP) is -0.0524. The topological polar surface area (TPSA) is 104 Å². The Morgan fingerprint density at radius 3 is 2.65 bits per heavy atom. The molecule has 0 spiro atoms. The van der Waals surface area contributed by atoms with E-state index >= 15 is 0 Å². The maximum atomic E-state index is 11.9. The number of hydrogen-bond acceptors (Lipinski definition) is 4. The van der Waals surface area contributed by atoms with Crippen molar-refractivity contribution in [3.8, 4) is 0 Å². The van der Waals surface area contributed by atoms with Crippen LogP contribution in [0.2, 0.25) is 0 Å². The molecule has 1 amide bonds. The minimum atomic E-state index is -3.23. The van der Waals surface area contributed by atoms with Gasteiger partial charge in [-0.1, -0.05) is 0 Å². The van der Waals surface area contributed by atoms with Crippen LogP contribution >= 0.6 is 0 Å². The number of amides is 1. The molecule has 0 aromatic carbocycles. The van der Waals surface area contributed by atoms with E-state index in [2.05, 4.69) is 4.72 Å². The highest BCUT2D eigenvalue weighted by molar-refractivity contribution is 7.88. The number of piperidine rings is 1. The standard InChI is InChI=1S/C12H20N2O5S/c1-20(18,19)13-8-7-10-4-2-3-9-14(10)11(15)5-6-12(16)17/h5-6,10,13H,2-4,7-9H2,1H3,(H,16,17)/b6-5+. The van der Waals surface area contributed by atoms with E-state index in [1.165, 1.54) is 0 Å². The van der Waals surface area contributed by atoms with Crippen LogP contribution in [0.5, 0.6) is 0 Å². The zero-order valence-electron chi connectivity index (χ0n) is 11.4. The van der Waals surface area contributed by atoms with E-state index in [0.717, 1.165) is 37.7 Å². The SMILES string of the molecule is CS(=O)(=O)NCCC1CCCCN1C(=O)/C=C/C(=O)O. The molecule has 1 aliphatic heterocycles. The van der Waals surface area contributed by atoms with Crippen LogP contribution in [0, 0.1) is 0 Å². The monoisotopic (exact) mass is 304 g/mol. The molecule has 114 valence electrons. The van der Waals surface area contributed by atoms with Crippen LogP contribution in [0.25, 0.3) is 0 Å². The van der Waals surface area contributed by atoms with E-state index in [1.807, 2.05) is 0 Å². The molecule has 0 aromatic rings. The highest BCUT2D eigenvalue weighted by atomic mass is 32.2. The fraction of sp³-hybridized carbons (Fsp3) is 0.667. The molecule has 0 radical (unpaired) electrons. The van der Waals surface area contributed by atoms with E-state index in [4.69, 9.17) is 5.11 Å². The number of nitrogens with one attached hydrogen (secondary N) is 1. The Labute approximate surface area is 118 Å². The minimum Gasteiger partial charge on any atom is -0.478 e. The van der Waals surface area contributed by atoms with Gasteiger partial charge in [0, 0.05) is 31.3 Å². The van der Waals surface area contributed by atoms with Crippen molar-refractivity contribution in [2.24, 2.45) is 0 Å². The third kappa shape index (κ3) is 6.16. The summed E-state index contributed by atoms with van der Waals surface area (Å²) in [5.41, 5.74) is 0. The summed E-state index contributed by atoms with van der Waals surface area (Å²) in [6.07, 6.45) is 6.15. The molecule has 0 bridgehead atoms. The molecule has 1 aliphatic rings. The first-order valence-corrected chi connectivity index (χ1v) is 8.35. The summed E-state index contributed by atoms with van der Waals surface area (Å²) in [4.78, 5) is 23.9. The molecular formula is C12H20N2O5S. The highest BCUT2D eigenvalue weighted by Crippen LogP contribution is 2.19. The summed E-state index contributed by atoms with van der Waals surface area (Å²) in [5, 5.41) is 8.52. The lowest BCUT2D eigenvalue weighted by Gasteiger charge is -2.35. The van der Waals surface area contributed by atoms with Gasteiger partial charge >= 0.3 is 5.97 Å². The Kier molecular flexibility index (Phi) is 6.15. The van der Waals surface area contributed by atoms with E-state index in [1.54, 1.807) is 4.90 Å². The number of carbonyl (C=O) groups is 2. The van der Waals surface area contributed by atoms with Crippen LogP contribution in [0.3, 0.4) is 0 Å². The Morgan fingerprint density at radius 1 is 1.35 bits per heavy atom. The van der Waals surface area contributed by atoms with Crippen LogP contribution < -0.4 is 4.72 Å². The molecule has 1 unspecified atom stereocenters. The van der Waals surface area contributed by atoms with E-state index in [9.17, 15) is 18.0 Å². The summed E-state index contributed by atoms with van der Waals surface area (Å²) in [6, 6.07) is -0.0519. The van der Waals surface area contributed by atoms with Crippen molar-refractivity contribution in [1.82, 2.24) is 9.62 Å². The molecule has 0 aliphatic carbocycles. The highest BCUT2D eigenvalue weighted by Gasteiger charge is 2.25. The number of sulfonamides is 1. The Balaban J connectivity index is 2.57. The lowest BCUT2D eigenvalue weighted by Crippen LogP contribution is -2.44. The summed E-state index contributed by atoms with van der Waals surface area (Å²) in [7, 11) is -3.23. The number of aliphatic carboxylic acids is 1. The van der Waals surface area contributed by atoms with Crippen LogP contribution in [-0.4, -0.2) is 55.7 Å². The van der Waals surface area contributed by atoms with Gasteiger partial charge in [0.1, 0.15) is 0 Å². The number of likely N-dealkylation sites (tertiary alicyclic amines) is 1. The van der Waals surface area contributed by atoms with E-state index < -0.39 is 16.0 Å². The second-order valence-electron chi connectivity index (χ2n) is 4.81. The number of nitrogens with zero attached hydrogens (tertiary/aromatic N) is 1. The molecule has 0 saturated carbocycles. The summed E-state index contributed by atoms with van der Waals surface area (Å²) in [6.45, 7) is 0.849. The molecule has 20 heavy (non-hydrogen) atoms. The smallest absolute Gasteiger partial charge is 0.328 e. The average Bonchev–Trinajstić information content (AvgIpc) is 2.35. The number of carboxylic acid groups (broad SMARTS) is 1. The van der Waals surface area contributed by atoms with Crippen molar-refractivity contribution < 1.29 is 23.1 Å². The zero-order chi connectivity index (χ0) is 15.2. The van der Waals surface area contributed by atoms with Gasteiger partial charge in [-0.3, -0.25) is 4.79 Å². The van der Waals surface area contributed by atoms with Crippen molar-refractivity contribution in [2.75, 3.05) is 19.3 Å². The lowest BCUT2D eigenvalue weighted by atomic mass is 9.99. The number of hydrogen-bond donors (Lipinski definition) is 2. The first kappa shape index (κ1) is 16.6. The van der Waals surface area contributed by atoms with Gasteiger partial charge in [-0.2, -0.15) is 0 Å². The van der Waals surface area contributed by atoms with Gasteiger partial charge in [0.25, 0.3) is 0 Å². The third-order valence-corrected chi connectivity index (χ3v) is 3.85. The van der Waals surface area contributed by atoms with Crippen LogP contribution in [0.15, 0.2) is 12.2 Å². The van der Waals surface area contributed by atoms with Gasteiger partial charge < -0.3 is 10.0 Å². The number of rotatable bonds is 6. The normalized spacial score (nSPS) is 20.2. The maximum absolute atomic E-state index is 11.9. The van der Waals surface area contributed by atoms with E-state index in [0.29, 0.717) is 13.0 Å². The molecular weight excluding hydrogens is 284 g/mol. The van der Waals surface area contributed by atoms with Crippen LogP contribution in [-0.2, 0) is 19.6 Å². The van der Waals surface area contributed by atoms with Gasteiger partial charge in [0.15, 0.2) is 0 Å². The lowest BCUT2D eigenvalue weighted by molar-refractivity contribution is -0.133. The molecule has 7 nitrogen and oxygen atoms in total. The van der Waals surface area contributed by atoms with Crippen molar-refractivity contribution >= 4 is 21.9 Å². The maximum Gasteiger partial charge on any atom is 0.328 e.